The Kier molecular flexibility index (Phi) is 8.56. The van der Waals surface area contributed by atoms with E-state index in [1.807, 2.05) is 62.1 Å². The third-order valence-corrected chi connectivity index (χ3v) is 5.14. The standard InChI is InChI=1S/C23H33N7O3/c1-17(27-28(2)3)18-7-6-8-19(15-18)24-22(31)20-16-21(29(4)9-12-32-5)26-23(25-20)30-10-13-33-14-11-30/h6-8,15-16H,9-14H2,1-5H3,(H,24,31)/b27-17-. The van der Waals surface area contributed by atoms with E-state index >= 15 is 0 Å². The Morgan fingerprint density at radius 2 is 1.97 bits per heavy atom. The molecule has 178 valence electrons. The quantitative estimate of drug-likeness (QED) is 0.453. The number of anilines is 3. The van der Waals surface area contributed by atoms with Gasteiger partial charge in [0.15, 0.2) is 0 Å². The Labute approximate surface area is 195 Å². The molecule has 2 aromatic rings. The molecule has 1 aromatic heterocycles. The van der Waals surface area contributed by atoms with Gasteiger partial charge in [-0.15, -0.1) is 0 Å². The lowest BCUT2D eigenvalue weighted by Crippen LogP contribution is -2.38. The second kappa shape index (κ2) is 11.6. The van der Waals surface area contributed by atoms with Crippen molar-refractivity contribution in [1.29, 1.82) is 0 Å². The number of amides is 1. The molecule has 10 heteroatoms. The van der Waals surface area contributed by atoms with Crippen LogP contribution in [0.4, 0.5) is 17.5 Å². The Morgan fingerprint density at radius 3 is 2.67 bits per heavy atom. The van der Waals surface area contributed by atoms with Crippen LogP contribution in [-0.2, 0) is 9.47 Å². The molecule has 0 aliphatic carbocycles. The molecule has 3 rings (SSSR count). The lowest BCUT2D eigenvalue weighted by molar-refractivity contribution is 0.102. The molecule has 0 bridgehead atoms. The molecule has 0 atom stereocenters. The van der Waals surface area contributed by atoms with Crippen molar-refractivity contribution in [3.8, 4) is 0 Å². The van der Waals surface area contributed by atoms with E-state index in [4.69, 9.17) is 14.5 Å². The molecule has 1 fully saturated rings. The van der Waals surface area contributed by atoms with E-state index in [1.54, 1.807) is 18.2 Å². The fraction of sp³-hybridized carbons (Fsp3) is 0.478. The van der Waals surface area contributed by atoms with Gasteiger partial charge >= 0.3 is 0 Å². The van der Waals surface area contributed by atoms with E-state index in [-0.39, 0.29) is 5.91 Å². The first kappa shape index (κ1) is 24.4. The monoisotopic (exact) mass is 455 g/mol. The fourth-order valence-corrected chi connectivity index (χ4v) is 3.36. The fourth-order valence-electron chi connectivity index (χ4n) is 3.36. The maximum Gasteiger partial charge on any atom is 0.274 e. The third-order valence-electron chi connectivity index (χ3n) is 5.14. The van der Waals surface area contributed by atoms with Crippen LogP contribution >= 0.6 is 0 Å². The molecule has 1 aliphatic rings. The summed E-state index contributed by atoms with van der Waals surface area (Å²) >= 11 is 0. The molecule has 1 N–H and O–H groups in total. The molecule has 2 heterocycles. The van der Waals surface area contributed by atoms with E-state index < -0.39 is 0 Å². The van der Waals surface area contributed by atoms with Crippen LogP contribution in [0.3, 0.4) is 0 Å². The number of ether oxygens (including phenoxy) is 2. The molecule has 10 nitrogen and oxygen atoms in total. The summed E-state index contributed by atoms with van der Waals surface area (Å²) in [5, 5.41) is 9.14. The Balaban J connectivity index is 1.86. The summed E-state index contributed by atoms with van der Waals surface area (Å²) in [5.41, 5.74) is 2.76. The van der Waals surface area contributed by atoms with E-state index in [0.717, 1.165) is 11.3 Å². The highest BCUT2D eigenvalue weighted by Gasteiger charge is 2.20. The smallest absolute Gasteiger partial charge is 0.274 e. The van der Waals surface area contributed by atoms with Crippen LogP contribution in [0.2, 0.25) is 0 Å². The minimum absolute atomic E-state index is 0.298. The minimum atomic E-state index is -0.298. The van der Waals surface area contributed by atoms with Crippen molar-refractivity contribution in [3.63, 3.8) is 0 Å². The van der Waals surface area contributed by atoms with Crippen LogP contribution < -0.4 is 15.1 Å². The number of aromatic nitrogens is 2. The van der Waals surface area contributed by atoms with Crippen LogP contribution in [0.25, 0.3) is 0 Å². The van der Waals surface area contributed by atoms with Crippen LogP contribution in [0, 0.1) is 0 Å². The van der Waals surface area contributed by atoms with E-state index in [0.29, 0.717) is 62.6 Å². The maximum absolute atomic E-state index is 13.2. The normalized spacial score (nSPS) is 14.2. The number of benzene rings is 1. The van der Waals surface area contributed by atoms with Crippen molar-refractivity contribution in [2.45, 2.75) is 6.92 Å². The first-order valence-corrected chi connectivity index (χ1v) is 10.9. The summed E-state index contributed by atoms with van der Waals surface area (Å²) < 4.78 is 10.6. The van der Waals surface area contributed by atoms with Gasteiger partial charge < -0.3 is 29.6 Å². The Bertz CT molecular complexity index is 974. The van der Waals surface area contributed by atoms with Gasteiger partial charge in [0.2, 0.25) is 5.95 Å². The maximum atomic E-state index is 13.2. The number of carbonyl (C=O) groups excluding carboxylic acids is 1. The molecule has 33 heavy (non-hydrogen) atoms. The highest BCUT2D eigenvalue weighted by molar-refractivity contribution is 6.05. The van der Waals surface area contributed by atoms with Gasteiger partial charge in [0.05, 0.1) is 25.5 Å². The van der Waals surface area contributed by atoms with Gasteiger partial charge in [-0.25, -0.2) is 4.98 Å². The van der Waals surface area contributed by atoms with Gasteiger partial charge in [0.1, 0.15) is 11.5 Å². The van der Waals surface area contributed by atoms with Crippen molar-refractivity contribution in [3.05, 3.63) is 41.6 Å². The summed E-state index contributed by atoms with van der Waals surface area (Å²) in [7, 11) is 7.32. The summed E-state index contributed by atoms with van der Waals surface area (Å²) in [6.07, 6.45) is 0. The van der Waals surface area contributed by atoms with Gasteiger partial charge in [-0.2, -0.15) is 10.1 Å². The van der Waals surface area contributed by atoms with Crippen molar-refractivity contribution >= 4 is 29.1 Å². The minimum Gasteiger partial charge on any atom is -0.383 e. The number of carbonyl (C=O) groups is 1. The summed E-state index contributed by atoms with van der Waals surface area (Å²) in [4.78, 5) is 26.4. The largest absolute Gasteiger partial charge is 0.383 e. The molecule has 0 spiro atoms. The summed E-state index contributed by atoms with van der Waals surface area (Å²) in [6, 6.07) is 9.30. The molecule has 0 unspecified atom stereocenters. The van der Waals surface area contributed by atoms with Crippen LogP contribution in [-0.4, -0.2) is 94.3 Å². The van der Waals surface area contributed by atoms with Crippen molar-refractivity contribution in [2.75, 3.05) is 82.8 Å². The number of nitrogens with one attached hydrogen (secondary N) is 1. The first-order valence-electron chi connectivity index (χ1n) is 10.9. The second-order valence-corrected chi connectivity index (χ2v) is 7.99. The zero-order valence-corrected chi connectivity index (χ0v) is 20.0. The van der Waals surface area contributed by atoms with Crippen molar-refractivity contribution in [2.24, 2.45) is 5.10 Å². The first-order chi connectivity index (χ1) is 15.9. The van der Waals surface area contributed by atoms with Gasteiger partial charge in [-0.1, -0.05) is 12.1 Å². The van der Waals surface area contributed by atoms with Crippen molar-refractivity contribution < 1.29 is 14.3 Å². The van der Waals surface area contributed by atoms with Gasteiger partial charge in [-0.05, 0) is 24.6 Å². The molecule has 1 aromatic carbocycles. The van der Waals surface area contributed by atoms with Crippen LogP contribution in [0.1, 0.15) is 23.0 Å². The molecule has 0 saturated carbocycles. The van der Waals surface area contributed by atoms with Gasteiger partial charge in [0, 0.05) is 59.6 Å². The Morgan fingerprint density at radius 1 is 1.21 bits per heavy atom. The number of hydrogen-bond acceptors (Lipinski definition) is 9. The predicted molar refractivity (Wildman–Crippen MR) is 131 cm³/mol. The van der Waals surface area contributed by atoms with Crippen molar-refractivity contribution in [1.82, 2.24) is 15.0 Å². The number of likely N-dealkylation sites (N-methyl/N-ethyl adjacent to an activating group) is 1. The number of methoxy groups -OCH3 is 1. The lowest BCUT2D eigenvalue weighted by atomic mass is 10.1. The van der Waals surface area contributed by atoms with E-state index in [2.05, 4.69) is 15.4 Å². The highest BCUT2D eigenvalue weighted by Crippen LogP contribution is 2.20. The number of morpholine rings is 1. The average Bonchev–Trinajstić information content (AvgIpc) is 2.82. The third kappa shape index (κ3) is 6.87. The molecule has 0 radical (unpaired) electrons. The molecule has 1 amide bonds. The topological polar surface area (TPSA) is 95.4 Å². The zero-order chi connectivity index (χ0) is 23.8. The summed E-state index contributed by atoms with van der Waals surface area (Å²) in [6.45, 7) is 5.70. The predicted octanol–water partition coefficient (Wildman–Crippen LogP) is 1.93. The number of hydrogen-bond donors (Lipinski definition) is 1. The summed E-state index contributed by atoms with van der Waals surface area (Å²) in [5.74, 6) is 0.886. The van der Waals surface area contributed by atoms with Crippen LogP contribution in [0.5, 0.6) is 0 Å². The van der Waals surface area contributed by atoms with Gasteiger partial charge in [-0.3, -0.25) is 4.79 Å². The van der Waals surface area contributed by atoms with E-state index in [9.17, 15) is 4.79 Å². The molecular formula is C23H33N7O3. The highest BCUT2D eigenvalue weighted by atomic mass is 16.5. The SMILES string of the molecule is COCCN(C)c1cc(C(=O)Nc2cccc(/C(C)=N\N(C)C)c2)nc(N2CCOCC2)n1. The number of hydrazone groups is 1. The lowest BCUT2D eigenvalue weighted by Gasteiger charge is -2.28. The molecule has 1 aliphatic heterocycles. The van der Waals surface area contributed by atoms with Crippen LogP contribution in [0.15, 0.2) is 35.4 Å². The number of rotatable bonds is 9. The van der Waals surface area contributed by atoms with E-state index in [1.165, 1.54) is 0 Å². The molecule has 1 saturated heterocycles. The number of nitrogens with zero attached hydrogens (tertiary/aromatic N) is 6. The average molecular weight is 456 g/mol. The zero-order valence-electron chi connectivity index (χ0n) is 20.0. The molecular weight excluding hydrogens is 422 g/mol. The second-order valence-electron chi connectivity index (χ2n) is 7.99. The Hall–Kier alpha value is -3.24. The van der Waals surface area contributed by atoms with Gasteiger partial charge in [0.25, 0.3) is 5.91 Å².